The molecule has 0 aliphatic rings. The van der Waals surface area contributed by atoms with Crippen molar-refractivity contribution in [3.05, 3.63) is 70.7 Å². The van der Waals surface area contributed by atoms with Gasteiger partial charge in [-0.3, -0.25) is 4.98 Å². The second-order valence-corrected chi connectivity index (χ2v) is 5.42. The third-order valence-electron chi connectivity index (χ3n) is 3.03. The van der Waals surface area contributed by atoms with Crippen LogP contribution in [0.25, 0.3) is 11.4 Å². The average Bonchev–Trinajstić information content (AvgIpc) is 2.90. The van der Waals surface area contributed by atoms with Gasteiger partial charge >= 0.3 is 0 Å². The fourth-order valence-corrected chi connectivity index (χ4v) is 2.43. The monoisotopic (exact) mass is 349 g/mol. The van der Waals surface area contributed by atoms with Gasteiger partial charge in [0, 0.05) is 46.5 Å². The summed E-state index contributed by atoms with van der Waals surface area (Å²) >= 11 is 3.36. The van der Waals surface area contributed by atoms with E-state index in [0.29, 0.717) is 11.4 Å². The van der Waals surface area contributed by atoms with Gasteiger partial charge in [0.1, 0.15) is 17.5 Å². The number of imidazole rings is 1. The van der Waals surface area contributed by atoms with Crippen molar-refractivity contribution in [1.29, 1.82) is 0 Å². The predicted octanol–water partition coefficient (Wildman–Crippen LogP) is 4.03. The van der Waals surface area contributed by atoms with Gasteiger partial charge in [-0.1, -0.05) is 6.07 Å². The molecule has 1 aromatic carbocycles. The summed E-state index contributed by atoms with van der Waals surface area (Å²) in [5.74, 6) is -0.479. The summed E-state index contributed by atoms with van der Waals surface area (Å²) in [4.78, 5) is 8.37. The zero-order valence-corrected chi connectivity index (χ0v) is 12.4. The number of aromatic nitrogens is 3. The van der Waals surface area contributed by atoms with Crippen LogP contribution >= 0.6 is 15.9 Å². The van der Waals surface area contributed by atoms with Crippen molar-refractivity contribution in [3.8, 4) is 11.4 Å². The first-order chi connectivity index (χ1) is 10.1. The Morgan fingerprint density at radius 1 is 1.14 bits per heavy atom. The van der Waals surface area contributed by atoms with Gasteiger partial charge in [-0.05, 0) is 28.1 Å². The highest BCUT2D eigenvalue weighted by molar-refractivity contribution is 9.10. The lowest BCUT2D eigenvalue weighted by atomic mass is 10.2. The van der Waals surface area contributed by atoms with E-state index in [9.17, 15) is 8.78 Å². The smallest absolute Gasteiger partial charge is 0.141 e. The minimum absolute atomic E-state index is 0.272. The molecule has 0 bridgehead atoms. The van der Waals surface area contributed by atoms with Crippen LogP contribution in [-0.4, -0.2) is 14.5 Å². The second-order valence-electron chi connectivity index (χ2n) is 4.51. The third-order valence-corrected chi connectivity index (χ3v) is 3.47. The Labute approximate surface area is 128 Å². The molecule has 2 heterocycles. The van der Waals surface area contributed by atoms with E-state index in [1.54, 1.807) is 29.4 Å². The molecule has 3 nitrogen and oxygen atoms in total. The van der Waals surface area contributed by atoms with Crippen molar-refractivity contribution in [2.45, 2.75) is 6.54 Å². The molecule has 21 heavy (non-hydrogen) atoms. The molecule has 0 fully saturated rings. The Morgan fingerprint density at radius 3 is 2.76 bits per heavy atom. The molecule has 0 saturated heterocycles. The number of hydrogen-bond acceptors (Lipinski definition) is 2. The molecule has 0 saturated carbocycles. The minimum Gasteiger partial charge on any atom is -0.326 e. The zero-order valence-electron chi connectivity index (χ0n) is 10.8. The van der Waals surface area contributed by atoms with Crippen LogP contribution in [0.4, 0.5) is 8.78 Å². The Hall–Kier alpha value is -2.08. The topological polar surface area (TPSA) is 30.7 Å². The van der Waals surface area contributed by atoms with E-state index in [-0.39, 0.29) is 6.54 Å². The van der Waals surface area contributed by atoms with Gasteiger partial charge < -0.3 is 4.57 Å². The first-order valence-electron chi connectivity index (χ1n) is 6.19. The van der Waals surface area contributed by atoms with Crippen LogP contribution in [0.5, 0.6) is 0 Å². The first kappa shape index (κ1) is 13.9. The lowest BCUT2D eigenvalue weighted by molar-refractivity contribution is 0.566. The normalized spacial score (nSPS) is 10.8. The summed E-state index contributed by atoms with van der Waals surface area (Å²) in [6.45, 7) is 0.272. The SMILES string of the molecule is Fc1ccc(Cn2ccnc2-c2cncc(Br)c2)c(F)c1. The Bertz CT molecular complexity index is 786. The standard InChI is InChI=1S/C15H10BrF2N3/c16-12-5-11(7-19-8-12)15-20-3-4-21(15)9-10-1-2-13(17)6-14(10)18/h1-8H,9H2. The maximum absolute atomic E-state index is 13.7. The summed E-state index contributed by atoms with van der Waals surface area (Å²) < 4.78 is 29.3. The third kappa shape index (κ3) is 3.00. The van der Waals surface area contributed by atoms with Crippen LogP contribution in [0.2, 0.25) is 0 Å². The summed E-state index contributed by atoms with van der Waals surface area (Å²) in [6, 6.07) is 5.45. The summed E-state index contributed by atoms with van der Waals surface area (Å²) in [5, 5.41) is 0. The summed E-state index contributed by atoms with van der Waals surface area (Å²) in [7, 11) is 0. The fraction of sp³-hybridized carbons (Fsp3) is 0.0667. The molecule has 6 heteroatoms. The number of halogens is 3. The largest absolute Gasteiger partial charge is 0.326 e. The van der Waals surface area contributed by atoms with Crippen LogP contribution in [-0.2, 0) is 6.54 Å². The zero-order chi connectivity index (χ0) is 14.8. The van der Waals surface area contributed by atoms with Gasteiger partial charge in [-0.15, -0.1) is 0 Å². The van der Waals surface area contributed by atoms with Crippen molar-refractivity contribution in [1.82, 2.24) is 14.5 Å². The second kappa shape index (κ2) is 5.73. The number of hydrogen-bond donors (Lipinski definition) is 0. The molecular weight excluding hydrogens is 340 g/mol. The summed E-state index contributed by atoms with van der Waals surface area (Å²) in [6.07, 6.45) is 6.75. The first-order valence-corrected chi connectivity index (χ1v) is 6.99. The molecule has 0 radical (unpaired) electrons. The maximum Gasteiger partial charge on any atom is 0.141 e. The van der Waals surface area contributed by atoms with Crippen molar-refractivity contribution in [2.75, 3.05) is 0 Å². The van der Waals surface area contributed by atoms with Crippen molar-refractivity contribution >= 4 is 15.9 Å². The maximum atomic E-state index is 13.7. The van der Waals surface area contributed by atoms with E-state index in [4.69, 9.17) is 0 Å². The number of rotatable bonds is 3. The number of pyridine rings is 1. The Morgan fingerprint density at radius 2 is 2.00 bits per heavy atom. The Balaban J connectivity index is 1.96. The van der Waals surface area contributed by atoms with Gasteiger partial charge in [-0.2, -0.15) is 0 Å². The molecular formula is C15H10BrF2N3. The molecule has 0 N–H and O–H groups in total. The van der Waals surface area contributed by atoms with Gasteiger partial charge in [0.15, 0.2) is 0 Å². The molecule has 0 atom stereocenters. The molecule has 106 valence electrons. The van der Waals surface area contributed by atoms with E-state index in [0.717, 1.165) is 16.1 Å². The van der Waals surface area contributed by atoms with Crippen LogP contribution in [0.1, 0.15) is 5.56 Å². The average molecular weight is 350 g/mol. The predicted molar refractivity (Wildman–Crippen MR) is 78.6 cm³/mol. The van der Waals surface area contributed by atoms with Crippen LogP contribution in [0.15, 0.2) is 53.5 Å². The van der Waals surface area contributed by atoms with Gasteiger partial charge in [0.2, 0.25) is 0 Å². The molecule has 2 aromatic heterocycles. The van der Waals surface area contributed by atoms with E-state index >= 15 is 0 Å². The van der Waals surface area contributed by atoms with Crippen molar-refractivity contribution in [2.24, 2.45) is 0 Å². The minimum atomic E-state index is -0.585. The van der Waals surface area contributed by atoms with Gasteiger partial charge in [-0.25, -0.2) is 13.8 Å². The van der Waals surface area contributed by atoms with Crippen molar-refractivity contribution in [3.63, 3.8) is 0 Å². The molecule has 3 rings (SSSR count). The number of benzene rings is 1. The molecule has 0 unspecified atom stereocenters. The number of nitrogens with zero attached hydrogens (tertiary/aromatic N) is 3. The molecule has 0 amide bonds. The fourth-order valence-electron chi connectivity index (χ4n) is 2.06. The van der Waals surface area contributed by atoms with Crippen LogP contribution < -0.4 is 0 Å². The van der Waals surface area contributed by atoms with Gasteiger partial charge in [0.25, 0.3) is 0 Å². The van der Waals surface area contributed by atoms with Crippen LogP contribution in [0, 0.1) is 11.6 Å². The Kier molecular flexibility index (Phi) is 3.79. The highest BCUT2D eigenvalue weighted by atomic mass is 79.9. The molecule has 0 aliphatic carbocycles. The van der Waals surface area contributed by atoms with Crippen molar-refractivity contribution < 1.29 is 8.78 Å². The molecule has 0 spiro atoms. The quantitative estimate of drug-likeness (QED) is 0.714. The lowest BCUT2D eigenvalue weighted by Gasteiger charge is -2.09. The lowest BCUT2D eigenvalue weighted by Crippen LogP contribution is -2.03. The van der Waals surface area contributed by atoms with E-state index in [1.807, 2.05) is 6.07 Å². The van der Waals surface area contributed by atoms with E-state index < -0.39 is 11.6 Å². The molecule has 3 aromatic rings. The summed E-state index contributed by atoms with van der Waals surface area (Å²) in [5.41, 5.74) is 1.22. The highest BCUT2D eigenvalue weighted by Gasteiger charge is 2.10. The van der Waals surface area contributed by atoms with E-state index in [2.05, 4.69) is 25.9 Å². The molecule has 0 aliphatic heterocycles. The highest BCUT2D eigenvalue weighted by Crippen LogP contribution is 2.21. The van der Waals surface area contributed by atoms with Gasteiger partial charge in [0.05, 0.1) is 6.54 Å². The van der Waals surface area contributed by atoms with Crippen LogP contribution in [0.3, 0.4) is 0 Å². The van der Waals surface area contributed by atoms with E-state index in [1.165, 1.54) is 12.1 Å².